The maximum absolute atomic E-state index is 2.24. The highest BCUT2D eigenvalue weighted by atomic mass is 32.2. The summed E-state index contributed by atoms with van der Waals surface area (Å²) in [5.41, 5.74) is 0. The van der Waals surface area contributed by atoms with E-state index in [9.17, 15) is 0 Å². The van der Waals surface area contributed by atoms with E-state index in [0.29, 0.717) is 4.75 Å². The van der Waals surface area contributed by atoms with Crippen molar-refractivity contribution in [3.8, 4) is 0 Å². The van der Waals surface area contributed by atoms with Crippen molar-refractivity contribution >= 4 is 31.5 Å². The lowest BCUT2D eigenvalue weighted by Gasteiger charge is -2.15. The van der Waals surface area contributed by atoms with Gasteiger partial charge in [0.15, 0.2) is 0 Å². The molecule has 1 aromatic heterocycles. The van der Waals surface area contributed by atoms with E-state index in [0.717, 1.165) is 0 Å². The molecule has 1 aromatic rings. The summed E-state index contributed by atoms with van der Waals surface area (Å²) in [5.74, 6) is 0. The average Bonchev–Trinajstić information content (AvgIpc) is 2.10. The Morgan fingerprint density at radius 1 is 1.25 bits per heavy atom. The summed E-state index contributed by atoms with van der Waals surface area (Å²) in [6, 6.07) is 4.38. The van der Waals surface area contributed by atoms with Gasteiger partial charge in [0, 0.05) is 18.0 Å². The molecule has 0 saturated heterocycles. The number of rotatable bonds is 1. The van der Waals surface area contributed by atoms with E-state index in [1.54, 1.807) is 0 Å². The minimum absolute atomic E-state index is 0. The average molecular weight is 197 g/mol. The molecule has 3 radical (unpaired) electrons. The van der Waals surface area contributed by atoms with Crippen molar-refractivity contribution in [2.45, 2.75) is 36.7 Å². The Labute approximate surface area is 85.3 Å². The molecule has 12 heavy (non-hydrogen) atoms. The topological polar surface area (TPSA) is 0 Å². The fourth-order valence-corrected chi connectivity index (χ4v) is 3.41. The van der Waals surface area contributed by atoms with E-state index >= 15 is 0 Å². The molecular formula is C9H14BS2. The lowest BCUT2D eigenvalue weighted by Crippen LogP contribution is -2.05. The molecule has 0 aliphatic rings. The Bertz CT molecular complexity index is 235. The van der Waals surface area contributed by atoms with Crippen LogP contribution in [-0.4, -0.2) is 13.2 Å². The molecular weight excluding hydrogens is 183 g/mol. The summed E-state index contributed by atoms with van der Waals surface area (Å²) in [6.45, 7) is 8.88. The lowest BCUT2D eigenvalue weighted by atomic mass is 10.3. The quantitative estimate of drug-likeness (QED) is 0.490. The zero-order valence-electron chi connectivity index (χ0n) is 8.05. The Morgan fingerprint density at radius 3 is 2.17 bits per heavy atom. The third-order valence-electron chi connectivity index (χ3n) is 1.12. The molecule has 0 unspecified atom stereocenters. The molecule has 0 spiro atoms. The van der Waals surface area contributed by atoms with Crippen LogP contribution in [0.4, 0.5) is 0 Å². The molecule has 1 rings (SSSR count). The van der Waals surface area contributed by atoms with Crippen LogP contribution in [0.2, 0.25) is 0 Å². The van der Waals surface area contributed by atoms with E-state index < -0.39 is 0 Å². The first-order valence-electron chi connectivity index (χ1n) is 3.73. The number of aryl methyl sites for hydroxylation is 1. The van der Waals surface area contributed by atoms with E-state index in [2.05, 4.69) is 39.8 Å². The molecule has 0 aliphatic heterocycles. The highest BCUT2D eigenvalue weighted by Gasteiger charge is 2.12. The van der Waals surface area contributed by atoms with Gasteiger partial charge in [-0.25, -0.2) is 0 Å². The smallest absolute Gasteiger partial charge is 0.0606 e. The second-order valence-corrected chi connectivity index (χ2v) is 6.99. The van der Waals surface area contributed by atoms with Crippen LogP contribution in [0.1, 0.15) is 25.6 Å². The number of hydrogen-bond acceptors (Lipinski definition) is 2. The molecule has 0 aromatic carbocycles. The summed E-state index contributed by atoms with van der Waals surface area (Å²) < 4.78 is 1.77. The molecule has 0 saturated carbocycles. The minimum Gasteiger partial charge on any atom is -0.134 e. The first-order valence-corrected chi connectivity index (χ1v) is 5.36. The maximum Gasteiger partial charge on any atom is 0.0606 e. The first-order chi connectivity index (χ1) is 4.97. The second kappa shape index (κ2) is 4.38. The third-order valence-corrected chi connectivity index (χ3v) is 3.37. The van der Waals surface area contributed by atoms with E-state index in [-0.39, 0.29) is 8.41 Å². The summed E-state index contributed by atoms with van der Waals surface area (Å²) in [7, 11) is 0. The molecule has 0 amide bonds. The third kappa shape index (κ3) is 4.22. The molecule has 0 aliphatic carbocycles. The van der Waals surface area contributed by atoms with Crippen LogP contribution in [0.15, 0.2) is 16.3 Å². The molecule has 65 valence electrons. The fourth-order valence-electron chi connectivity index (χ4n) is 0.769. The van der Waals surface area contributed by atoms with Gasteiger partial charge in [0.2, 0.25) is 0 Å². The van der Waals surface area contributed by atoms with Gasteiger partial charge in [0.25, 0.3) is 0 Å². The highest BCUT2D eigenvalue weighted by Crippen LogP contribution is 2.35. The molecule has 0 nitrogen and oxygen atoms in total. The van der Waals surface area contributed by atoms with Gasteiger partial charge in [-0.05, 0) is 19.1 Å². The van der Waals surface area contributed by atoms with Crippen molar-refractivity contribution in [2.24, 2.45) is 0 Å². The van der Waals surface area contributed by atoms with E-state index in [4.69, 9.17) is 0 Å². The zero-order chi connectivity index (χ0) is 8.48. The monoisotopic (exact) mass is 197 g/mol. The van der Waals surface area contributed by atoms with Crippen LogP contribution in [0.5, 0.6) is 0 Å². The standard InChI is InChI=1S/C9H14S2.B/c1-7-5-6-8(10-7)11-9(2,3)4;/h5-6H,1-4H3;. The van der Waals surface area contributed by atoms with Gasteiger partial charge >= 0.3 is 0 Å². The van der Waals surface area contributed by atoms with Gasteiger partial charge in [-0.3, -0.25) is 0 Å². The Balaban J connectivity index is 0.00000121. The van der Waals surface area contributed by atoms with Crippen molar-refractivity contribution in [1.29, 1.82) is 0 Å². The predicted molar refractivity (Wildman–Crippen MR) is 60.4 cm³/mol. The van der Waals surface area contributed by atoms with Crippen LogP contribution in [0.25, 0.3) is 0 Å². The lowest BCUT2D eigenvalue weighted by molar-refractivity contribution is 0.804. The number of thioether (sulfide) groups is 1. The van der Waals surface area contributed by atoms with Gasteiger partial charge in [-0.15, -0.1) is 23.1 Å². The maximum atomic E-state index is 2.24. The highest BCUT2D eigenvalue weighted by molar-refractivity contribution is 8.02. The molecule has 0 fully saturated rings. The van der Waals surface area contributed by atoms with E-state index in [1.807, 2.05) is 23.1 Å². The van der Waals surface area contributed by atoms with Crippen LogP contribution in [0.3, 0.4) is 0 Å². The Morgan fingerprint density at radius 2 is 1.83 bits per heavy atom. The number of thiophene rings is 1. The first kappa shape index (κ1) is 12.1. The van der Waals surface area contributed by atoms with Crippen LogP contribution >= 0.6 is 23.1 Å². The Kier molecular flexibility index (Phi) is 4.42. The SMILES string of the molecule is Cc1ccc(SC(C)(C)C)s1.[B]. The van der Waals surface area contributed by atoms with Crippen LogP contribution < -0.4 is 0 Å². The van der Waals surface area contributed by atoms with Gasteiger partial charge < -0.3 is 0 Å². The van der Waals surface area contributed by atoms with Gasteiger partial charge in [0.1, 0.15) is 0 Å². The molecule has 1 heterocycles. The minimum atomic E-state index is 0. The van der Waals surface area contributed by atoms with Gasteiger partial charge in [0.05, 0.1) is 4.21 Å². The summed E-state index contributed by atoms with van der Waals surface area (Å²) >= 11 is 3.82. The second-order valence-electron chi connectivity index (χ2n) is 3.58. The molecule has 3 heteroatoms. The molecule has 0 N–H and O–H groups in total. The van der Waals surface area contributed by atoms with Gasteiger partial charge in [-0.2, -0.15) is 0 Å². The zero-order valence-corrected chi connectivity index (χ0v) is 9.68. The number of hydrogen-bond donors (Lipinski definition) is 0. The largest absolute Gasteiger partial charge is 0.134 e. The van der Waals surface area contributed by atoms with Crippen molar-refractivity contribution in [1.82, 2.24) is 0 Å². The summed E-state index contributed by atoms with van der Waals surface area (Å²) in [6.07, 6.45) is 0. The van der Waals surface area contributed by atoms with E-state index in [1.165, 1.54) is 9.09 Å². The molecule has 0 atom stereocenters. The predicted octanol–water partition coefficient (Wildman–Crippen LogP) is 3.57. The Hall–Kier alpha value is 0.115. The van der Waals surface area contributed by atoms with Gasteiger partial charge in [-0.1, -0.05) is 20.8 Å². The van der Waals surface area contributed by atoms with Crippen molar-refractivity contribution in [3.63, 3.8) is 0 Å². The van der Waals surface area contributed by atoms with Crippen molar-refractivity contribution < 1.29 is 0 Å². The van der Waals surface area contributed by atoms with Crippen molar-refractivity contribution in [3.05, 3.63) is 17.0 Å². The van der Waals surface area contributed by atoms with Crippen LogP contribution in [0, 0.1) is 6.92 Å². The normalized spacial score (nSPS) is 11.0. The summed E-state index contributed by atoms with van der Waals surface area (Å²) in [5, 5.41) is 0. The van der Waals surface area contributed by atoms with Crippen LogP contribution in [-0.2, 0) is 0 Å². The summed E-state index contributed by atoms with van der Waals surface area (Å²) in [4.78, 5) is 1.40. The molecule has 0 bridgehead atoms. The van der Waals surface area contributed by atoms with Crippen molar-refractivity contribution in [2.75, 3.05) is 0 Å². The fraction of sp³-hybridized carbons (Fsp3) is 0.556.